The summed E-state index contributed by atoms with van der Waals surface area (Å²) >= 11 is 0. The van der Waals surface area contributed by atoms with Crippen molar-refractivity contribution in [3.05, 3.63) is 47.9 Å². The molecule has 5 nitrogen and oxygen atoms in total. The van der Waals surface area contributed by atoms with E-state index in [2.05, 4.69) is 40.8 Å². The lowest BCUT2D eigenvalue weighted by atomic mass is 9.89. The smallest absolute Gasteiger partial charge is 0.337 e. The van der Waals surface area contributed by atoms with E-state index in [9.17, 15) is 4.79 Å². The van der Waals surface area contributed by atoms with Crippen LogP contribution in [0, 0.1) is 0 Å². The van der Waals surface area contributed by atoms with E-state index in [1.165, 1.54) is 11.8 Å². The van der Waals surface area contributed by atoms with E-state index in [4.69, 9.17) is 5.11 Å². The van der Waals surface area contributed by atoms with Crippen LogP contribution >= 0.6 is 0 Å². The van der Waals surface area contributed by atoms with Crippen molar-refractivity contribution in [3.63, 3.8) is 0 Å². The molecular weight excluding hydrogens is 302 g/mol. The maximum absolute atomic E-state index is 11.1. The summed E-state index contributed by atoms with van der Waals surface area (Å²) in [6, 6.07) is 6.39. The Bertz CT molecular complexity index is 722. The predicted molar refractivity (Wildman–Crippen MR) is 93.1 cm³/mol. The lowest BCUT2D eigenvalue weighted by Crippen LogP contribution is -2.37. The number of hydrogen-bond donors (Lipinski definition) is 1. The number of rotatable bonds is 4. The summed E-state index contributed by atoms with van der Waals surface area (Å²) in [4.78, 5) is 22.1. The van der Waals surface area contributed by atoms with Crippen LogP contribution in [0.5, 0.6) is 0 Å². The van der Waals surface area contributed by atoms with Crippen LogP contribution in [0.4, 0.5) is 0 Å². The van der Waals surface area contributed by atoms with Crippen molar-refractivity contribution in [2.75, 3.05) is 13.1 Å². The zero-order valence-corrected chi connectivity index (χ0v) is 14.1. The molecule has 2 aromatic heterocycles. The Morgan fingerprint density at radius 3 is 2.67 bits per heavy atom. The highest BCUT2D eigenvalue weighted by Crippen LogP contribution is 2.30. The third kappa shape index (κ3) is 3.62. The zero-order chi connectivity index (χ0) is 17.1. The minimum Gasteiger partial charge on any atom is -0.478 e. The van der Waals surface area contributed by atoms with Gasteiger partial charge in [0.2, 0.25) is 0 Å². The number of carbonyl (C=O) groups is 1. The van der Waals surface area contributed by atoms with Crippen molar-refractivity contribution in [3.8, 4) is 11.3 Å². The molecule has 0 radical (unpaired) electrons. The van der Waals surface area contributed by atoms with E-state index in [0.29, 0.717) is 12.0 Å². The van der Waals surface area contributed by atoms with E-state index in [-0.39, 0.29) is 5.56 Å². The number of nitrogens with zero attached hydrogens (tertiary/aromatic N) is 3. The van der Waals surface area contributed by atoms with Gasteiger partial charge in [0.1, 0.15) is 0 Å². The molecule has 1 aliphatic heterocycles. The van der Waals surface area contributed by atoms with Gasteiger partial charge in [-0.1, -0.05) is 0 Å². The molecule has 2 aromatic rings. The van der Waals surface area contributed by atoms with Crippen LogP contribution in [0.15, 0.2) is 36.8 Å². The van der Waals surface area contributed by atoms with Crippen LogP contribution in [-0.2, 0) is 0 Å². The molecule has 0 aromatic carbocycles. The molecule has 1 fully saturated rings. The molecule has 24 heavy (non-hydrogen) atoms. The van der Waals surface area contributed by atoms with Crippen LogP contribution in [-0.4, -0.2) is 45.1 Å². The highest BCUT2D eigenvalue weighted by atomic mass is 16.4. The molecule has 0 unspecified atom stereocenters. The summed E-state index contributed by atoms with van der Waals surface area (Å²) in [7, 11) is 0. The lowest BCUT2D eigenvalue weighted by molar-refractivity contribution is 0.0696. The van der Waals surface area contributed by atoms with Crippen molar-refractivity contribution >= 4 is 5.97 Å². The molecule has 0 atom stereocenters. The molecule has 0 aliphatic carbocycles. The Morgan fingerprint density at radius 2 is 2.00 bits per heavy atom. The number of piperidine rings is 1. The van der Waals surface area contributed by atoms with E-state index in [1.807, 2.05) is 6.20 Å². The molecule has 1 N–H and O–H groups in total. The Morgan fingerprint density at radius 1 is 1.25 bits per heavy atom. The first-order valence-electron chi connectivity index (χ1n) is 8.43. The van der Waals surface area contributed by atoms with Gasteiger partial charge in [0.05, 0.1) is 11.3 Å². The first-order chi connectivity index (χ1) is 11.5. The summed E-state index contributed by atoms with van der Waals surface area (Å²) in [6.07, 6.45) is 7.13. The first kappa shape index (κ1) is 16.6. The minimum absolute atomic E-state index is 0.185. The Kier molecular flexibility index (Phi) is 4.90. The second kappa shape index (κ2) is 7.09. The number of carboxylic acid groups (broad SMARTS) is 1. The molecule has 3 rings (SSSR count). The van der Waals surface area contributed by atoms with Crippen molar-refractivity contribution in [2.45, 2.75) is 38.6 Å². The summed E-state index contributed by atoms with van der Waals surface area (Å²) in [5.74, 6) is -0.432. The van der Waals surface area contributed by atoms with Crippen LogP contribution in [0.1, 0.15) is 48.5 Å². The van der Waals surface area contributed by atoms with E-state index in [0.717, 1.165) is 37.2 Å². The number of aromatic carboxylic acids is 1. The van der Waals surface area contributed by atoms with Gasteiger partial charge in [-0.3, -0.25) is 9.97 Å². The van der Waals surface area contributed by atoms with Crippen LogP contribution in [0.25, 0.3) is 11.3 Å². The Balaban J connectivity index is 1.80. The van der Waals surface area contributed by atoms with Crippen LogP contribution < -0.4 is 0 Å². The average Bonchev–Trinajstić information content (AvgIpc) is 2.62. The molecule has 1 saturated heterocycles. The van der Waals surface area contributed by atoms with Gasteiger partial charge in [-0.15, -0.1) is 0 Å². The Hall–Kier alpha value is -2.27. The standard InChI is InChI=1S/C19H23N3O2/c1-13(2)22-7-4-14(5-8-22)15-3-6-21-18(10-15)16-9-17(19(23)24)12-20-11-16/h3,6,9-14H,4-5,7-8H2,1-2H3,(H,23,24). The second-order valence-corrected chi connectivity index (χ2v) is 6.65. The SMILES string of the molecule is CC(C)N1CCC(c2ccnc(-c3cncc(C(=O)O)c3)c2)CC1. The summed E-state index contributed by atoms with van der Waals surface area (Å²) < 4.78 is 0. The highest BCUT2D eigenvalue weighted by Gasteiger charge is 2.22. The maximum Gasteiger partial charge on any atom is 0.337 e. The number of likely N-dealkylation sites (tertiary alicyclic amines) is 1. The van der Waals surface area contributed by atoms with Gasteiger partial charge < -0.3 is 10.0 Å². The molecule has 0 bridgehead atoms. The van der Waals surface area contributed by atoms with E-state index < -0.39 is 5.97 Å². The normalized spacial score (nSPS) is 16.5. The number of aromatic nitrogens is 2. The van der Waals surface area contributed by atoms with Gasteiger partial charge in [-0.25, -0.2) is 4.79 Å². The third-order valence-electron chi connectivity index (χ3n) is 4.80. The average molecular weight is 325 g/mol. The fourth-order valence-corrected chi connectivity index (χ4v) is 3.30. The summed E-state index contributed by atoms with van der Waals surface area (Å²) in [5.41, 5.74) is 3.00. The van der Waals surface area contributed by atoms with Gasteiger partial charge in [-0.05, 0) is 69.5 Å². The van der Waals surface area contributed by atoms with Crippen molar-refractivity contribution in [2.24, 2.45) is 0 Å². The van der Waals surface area contributed by atoms with Crippen LogP contribution in [0.3, 0.4) is 0 Å². The van der Waals surface area contributed by atoms with E-state index in [1.54, 1.807) is 12.3 Å². The summed E-state index contributed by atoms with van der Waals surface area (Å²) in [5, 5.41) is 9.12. The maximum atomic E-state index is 11.1. The second-order valence-electron chi connectivity index (χ2n) is 6.65. The highest BCUT2D eigenvalue weighted by molar-refractivity contribution is 5.88. The third-order valence-corrected chi connectivity index (χ3v) is 4.80. The van der Waals surface area contributed by atoms with Crippen molar-refractivity contribution in [1.29, 1.82) is 0 Å². The molecule has 0 saturated carbocycles. The lowest BCUT2D eigenvalue weighted by Gasteiger charge is -2.34. The molecule has 5 heteroatoms. The predicted octanol–water partition coefficient (Wildman–Crippen LogP) is 3.43. The molecular formula is C19H23N3O2. The van der Waals surface area contributed by atoms with E-state index >= 15 is 0 Å². The molecule has 0 amide bonds. The monoisotopic (exact) mass is 325 g/mol. The Labute approximate surface area is 142 Å². The molecule has 3 heterocycles. The van der Waals surface area contributed by atoms with Crippen molar-refractivity contribution < 1.29 is 9.90 Å². The van der Waals surface area contributed by atoms with Gasteiger partial charge in [0, 0.05) is 30.2 Å². The van der Waals surface area contributed by atoms with Crippen molar-refractivity contribution in [1.82, 2.24) is 14.9 Å². The fourth-order valence-electron chi connectivity index (χ4n) is 3.30. The number of carboxylic acids is 1. The van der Waals surface area contributed by atoms with Gasteiger partial charge in [0.25, 0.3) is 0 Å². The molecule has 1 aliphatic rings. The van der Waals surface area contributed by atoms with Crippen LogP contribution in [0.2, 0.25) is 0 Å². The summed E-state index contributed by atoms with van der Waals surface area (Å²) in [6.45, 7) is 6.73. The number of hydrogen-bond acceptors (Lipinski definition) is 4. The molecule has 126 valence electrons. The first-order valence-corrected chi connectivity index (χ1v) is 8.43. The number of pyridine rings is 2. The molecule has 0 spiro atoms. The van der Waals surface area contributed by atoms with Gasteiger partial charge >= 0.3 is 5.97 Å². The van der Waals surface area contributed by atoms with Gasteiger partial charge in [-0.2, -0.15) is 0 Å². The quantitative estimate of drug-likeness (QED) is 0.933. The minimum atomic E-state index is -0.971. The van der Waals surface area contributed by atoms with Gasteiger partial charge in [0.15, 0.2) is 0 Å². The topological polar surface area (TPSA) is 66.3 Å². The zero-order valence-electron chi connectivity index (χ0n) is 14.1. The fraction of sp³-hybridized carbons (Fsp3) is 0.421. The largest absolute Gasteiger partial charge is 0.478 e.